The third kappa shape index (κ3) is 2.95. The number of halogens is 3. The topological polar surface area (TPSA) is 37.3 Å². The number of carboxylic acid groups (broad SMARTS) is 1. The Labute approximate surface area is 119 Å². The van der Waals surface area contributed by atoms with Crippen LogP contribution < -0.4 is 0 Å². The summed E-state index contributed by atoms with van der Waals surface area (Å²) in [5.41, 5.74) is -1.23. The molecular formula is C14H15F3O2S. The molecule has 1 aromatic carbocycles. The summed E-state index contributed by atoms with van der Waals surface area (Å²) in [6, 6.07) is 4.16. The van der Waals surface area contributed by atoms with Crippen LogP contribution in [-0.2, 0) is 17.4 Å². The predicted octanol–water partition coefficient (Wildman–Crippen LogP) is 4.22. The van der Waals surface area contributed by atoms with Crippen molar-refractivity contribution in [2.75, 3.05) is 0 Å². The summed E-state index contributed by atoms with van der Waals surface area (Å²) < 4.78 is 38.8. The summed E-state index contributed by atoms with van der Waals surface area (Å²) in [7, 11) is 0. The largest absolute Gasteiger partial charge is 0.481 e. The fourth-order valence-electron chi connectivity index (χ4n) is 2.37. The van der Waals surface area contributed by atoms with Gasteiger partial charge in [-0.15, -0.1) is 11.8 Å². The van der Waals surface area contributed by atoms with Crippen LogP contribution in [0.4, 0.5) is 13.2 Å². The lowest BCUT2D eigenvalue weighted by atomic mass is 9.86. The molecule has 0 amide bonds. The van der Waals surface area contributed by atoms with Gasteiger partial charge in [0, 0.05) is 10.1 Å². The van der Waals surface area contributed by atoms with Gasteiger partial charge in [-0.25, -0.2) is 0 Å². The molecule has 110 valence electrons. The van der Waals surface area contributed by atoms with Crippen molar-refractivity contribution in [3.05, 3.63) is 29.3 Å². The summed E-state index contributed by atoms with van der Waals surface area (Å²) in [5.74, 6) is -0.926. The number of carbonyl (C=O) groups is 1. The Kier molecular flexibility index (Phi) is 3.79. The van der Waals surface area contributed by atoms with Crippen molar-refractivity contribution < 1.29 is 23.1 Å². The molecule has 6 heteroatoms. The van der Waals surface area contributed by atoms with Gasteiger partial charge in [0.05, 0.1) is 11.0 Å². The molecule has 0 aromatic heterocycles. The number of hydrogen-bond acceptors (Lipinski definition) is 2. The van der Waals surface area contributed by atoms with Gasteiger partial charge in [0.1, 0.15) is 0 Å². The van der Waals surface area contributed by atoms with Crippen LogP contribution in [0.25, 0.3) is 0 Å². The molecule has 0 fully saturated rings. The second-order valence-electron chi connectivity index (χ2n) is 5.62. The van der Waals surface area contributed by atoms with Gasteiger partial charge in [-0.1, -0.05) is 6.07 Å². The van der Waals surface area contributed by atoms with Crippen LogP contribution in [0.2, 0.25) is 0 Å². The Balaban J connectivity index is 2.22. The molecule has 20 heavy (non-hydrogen) atoms. The van der Waals surface area contributed by atoms with E-state index in [4.69, 9.17) is 5.11 Å². The number of benzene rings is 1. The van der Waals surface area contributed by atoms with Gasteiger partial charge in [0.25, 0.3) is 0 Å². The summed E-state index contributed by atoms with van der Waals surface area (Å²) in [4.78, 5) is 11.7. The number of hydrogen-bond donors (Lipinski definition) is 1. The lowest BCUT2D eigenvalue weighted by Crippen LogP contribution is -2.27. The maximum Gasteiger partial charge on any atom is 0.416 e. The highest BCUT2D eigenvalue weighted by atomic mass is 32.2. The fraction of sp³-hybridized carbons (Fsp3) is 0.500. The molecule has 1 aliphatic rings. The Morgan fingerprint density at radius 1 is 1.40 bits per heavy atom. The Morgan fingerprint density at radius 3 is 2.60 bits per heavy atom. The van der Waals surface area contributed by atoms with Gasteiger partial charge in [0.2, 0.25) is 0 Å². The molecule has 0 aliphatic carbocycles. The molecule has 1 heterocycles. The van der Waals surface area contributed by atoms with E-state index in [0.29, 0.717) is 16.9 Å². The lowest BCUT2D eigenvalue weighted by Gasteiger charge is -2.22. The number of aliphatic carboxylic acids is 1. The molecule has 1 aliphatic heterocycles. The van der Waals surface area contributed by atoms with Crippen molar-refractivity contribution in [3.8, 4) is 0 Å². The Morgan fingerprint density at radius 2 is 2.05 bits per heavy atom. The zero-order chi connectivity index (χ0) is 15.1. The third-order valence-electron chi connectivity index (χ3n) is 3.48. The molecular weight excluding hydrogens is 289 g/mol. The maximum atomic E-state index is 12.9. The van der Waals surface area contributed by atoms with Gasteiger partial charge in [-0.05, 0) is 44.4 Å². The predicted molar refractivity (Wildman–Crippen MR) is 70.8 cm³/mol. The van der Waals surface area contributed by atoms with Crippen LogP contribution in [0.5, 0.6) is 0 Å². The van der Waals surface area contributed by atoms with Crippen molar-refractivity contribution in [1.29, 1.82) is 0 Å². The molecule has 0 saturated heterocycles. The van der Waals surface area contributed by atoms with Gasteiger partial charge in [-0.2, -0.15) is 13.2 Å². The highest BCUT2D eigenvalue weighted by molar-refractivity contribution is 8.00. The Bertz CT molecular complexity index is 538. The number of thioether (sulfide) groups is 1. The quantitative estimate of drug-likeness (QED) is 0.908. The molecule has 1 atom stereocenters. The minimum absolute atomic E-state index is 0.125. The van der Waals surface area contributed by atoms with Crippen molar-refractivity contribution in [1.82, 2.24) is 0 Å². The van der Waals surface area contributed by atoms with Crippen molar-refractivity contribution in [3.63, 3.8) is 0 Å². The van der Waals surface area contributed by atoms with Crippen molar-refractivity contribution in [2.24, 2.45) is 5.41 Å². The maximum absolute atomic E-state index is 12.9. The standard InChI is InChI=1S/C14H15F3O2S/c1-13(2,12(18)19)7-8-6-9-10(14(15,16)17)4-3-5-11(9)20-8/h3-5,8H,6-7H2,1-2H3,(H,18,19). The summed E-state index contributed by atoms with van der Waals surface area (Å²) in [6.07, 6.45) is -3.74. The SMILES string of the molecule is CC(C)(CC1Cc2c(cccc2C(F)(F)F)S1)C(=O)O. The molecule has 1 unspecified atom stereocenters. The highest BCUT2D eigenvalue weighted by Crippen LogP contribution is 2.46. The van der Waals surface area contributed by atoms with Gasteiger partial charge < -0.3 is 5.11 Å². The number of fused-ring (bicyclic) bond motifs is 1. The van der Waals surface area contributed by atoms with E-state index in [2.05, 4.69) is 0 Å². The van der Waals surface area contributed by atoms with Crippen molar-refractivity contribution in [2.45, 2.75) is 43.0 Å². The monoisotopic (exact) mass is 304 g/mol. The molecule has 0 saturated carbocycles. The first-order chi connectivity index (χ1) is 9.11. The molecule has 1 aromatic rings. The van der Waals surface area contributed by atoms with Crippen LogP contribution in [0.15, 0.2) is 23.1 Å². The first-order valence-corrected chi connectivity index (χ1v) is 7.08. The average Bonchev–Trinajstić information content (AvgIpc) is 2.67. The van der Waals surface area contributed by atoms with E-state index in [1.54, 1.807) is 19.9 Å². The van der Waals surface area contributed by atoms with Gasteiger partial charge in [0.15, 0.2) is 0 Å². The first kappa shape index (κ1) is 15.2. The van der Waals surface area contributed by atoms with Gasteiger partial charge in [-0.3, -0.25) is 4.79 Å². The van der Waals surface area contributed by atoms with E-state index in [-0.39, 0.29) is 11.7 Å². The number of rotatable bonds is 3. The highest BCUT2D eigenvalue weighted by Gasteiger charge is 2.39. The van der Waals surface area contributed by atoms with Gasteiger partial charge >= 0.3 is 12.1 Å². The minimum atomic E-state index is -4.36. The molecule has 2 nitrogen and oxygen atoms in total. The first-order valence-electron chi connectivity index (χ1n) is 6.20. The van der Waals surface area contributed by atoms with Crippen LogP contribution >= 0.6 is 11.8 Å². The van der Waals surface area contributed by atoms with Crippen LogP contribution in [0.1, 0.15) is 31.4 Å². The third-order valence-corrected chi connectivity index (χ3v) is 4.78. The molecule has 0 bridgehead atoms. The minimum Gasteiger partial charge on any atom is -0.481 e. The average molecular weight is 304 g/mol. The number of alkyl halides is 3. The molecule has 0 radical (unpaired) electrons. The van der Waals surface area contributed by atoms with E-state index in [9.17, 15) is 18.0 Å². The smallest absolute Gasteiger partial charge is 0.416 e. The van der Waals surface area contributed by atoms with E-state index in [1.165, 1.54) is 17.8 Å². The zero-order valence-electron chi connectivity index (χ0n) is 11.1. The summed E-state index contributed by atoms with van der Waals surface area (Å²) in [6.45, 7) is 3.20. The zero-order valence-corrected chi connectivity index (χ0v) is 11.9. The second-order valence-corrected chi connectivity index (χ2v) is 6.96. The van der Waals surface area contributed by atoms with E-state index in [1.807, 2.05) is 0 Å². The normalized spacial score (nSPS) is 18.9. The van der Waals surface area contributed by atoms with Crippen LogP contribution in [0.3, 0.4) is 0 Å². The lowest BCUT2D eigenvalue weighted by molar-refractivity contribution is -0.147. The second kappa shape index (κ2) is 4.98. The molecule has 1 N–H and O–H groups in total. The Hall–Kier alpha value is -1.17. The van der Waals surface area contributed by atoms with Crippen LogP contribution in [-0.4, -0.2) is 16.3 Å². The van der Waals surface area contributed by atoms with E-state index in [0.717, 1.165) is 6.07 Å². The fourth-order valence-corrected chi connectivity index (χ4v) is 3.97. The summed E-state index contributed by atoms with van der Waals surface area (Å²) in [5, 5.41) is 8.99. The van der Waals surface area contributed by atoms with Crippen molar-refractivity contribution >= 4 is 17.7 Å². The van der Waals surface area contributed by atoms with E-state index >= 15 is 0 Å². The molecule has 2 rings (SSSR count). The number of carboxylic acids is 1. The molecule has 0 spiro atoms. The summed E-state index contributed by atoms with van der Waals surface area (Å²) >= 11 is 1.35. The van der Waals surface area contributed by atoms with Crippen LogP contribution in [0, 0.1) is 5.41 Å². The van der Waals surface area contributed by atoms with E-state index < -0.39 is 23.1 Å².